The Morgan fingerprint density at radius 1 is 0.591 bits per heavy atom. The SMILES string of the molecule is c1cnc2ccc(CCc3ccc4ncccc4c3)cc2c1. The van der Waals surface area contributed by atoms with Crippen LogP contribution < -0.4 is 0 Å². The lowest BCUT2D eigenvalue weighted by Gasteiger charge is -2.05. The largest absolute Gasteiger partial charge is 0.256 e. The maximum absolute atomic E-state index is 4.37. The molecule has 0 fully saturated rings. The van der Waals surface area contributed by atoms with E-state index in [1.54, 1.807) is 0 Å². The van der Waals surface area contributed by atoms with Gasteiger partial charge in [-0.25, -0.2) is 0 Å². The number of aromatic nitrogens is 2. The summed E-state index contributed by atoms with van der Waals surface area (Å²) < 4.78 is 0. The molecule has 4 aromatic rings. The fraction of sp³-hybridized carbons (Fsp3) is 0.100. The summed E-state index contributed by atoms with van der Waals surface area (Å²) in [7, 11) is 0. The van der Waals surface area contributed by atoms with Gasteiger partial charge in [0.2, 0.25) is 0 Å². The molecule has 0 unspecified atom stereocenters. The van der Waals surface area contributed by atoms with Gasteiger partial charge in [-0.15, -0.1) is 0 Å². The third-order valence-electron chi connectivity index (χ3n) is 4.04. The van der Waals surface area contributed by atoms with Gasteiger partial charge in [0.25, 0.3) is 0 Å². The van der Waals surface area contributed by atoms with Gasteiger partial charge >= 0.3 is 0 Å². The summed E-state index contributed by atoms with van der Waals surface area (Å²) in [5.41, 5.74) is 4.82. The number of benzene rings is 2. The van der Waals surface area contributed by atoms with Crippen LogP contribution in [0.4, 0.5) is 0 Å². The highest BCUT2D eigenvalue weighted by Crippen LogP contribution is 2.17. The molecule has 0 saturated heterocycles. The predicted molar refractivity (Wildman–Crippen MR) is 90.9 cm³/mol. The average Bonchev–Trinajstić information content (AvgIpc) is 2.59. The highest BCUT2D eigenvalue weighted by Gasteiger charge is 2.00. The molecule has 0 radical (unpaired) electrons. The lowest BCUT2D eigenvalue weighted by molar-refractivity contribution is 0.964. The number of fused-ring (bicyclic) bond motifs is 2. The second kappa shape index (κ2) is 5.57. The Hall–Kier alpha value is -2.74. The Kier molecular flexibility index (Phi) is 3.28. The van der Waals surface area contributed by atoms with Crippen LogP contribution in [-0.4, -0.2) is 9.97 Å². The zero-order chi connectivity index (χ0) is 14.8. The quantitative estimate of drug-likeness (QED) is 0.551. The van der Waals surface area contributed by atoms with Crippen LogP contribution in [0.1, 0.15) is 11.1 Å². The molecule has 2 nitrogen and oxygen atoms in total. The first-order valence-corrected chi connectivity index (χ1v) is 7.56. The summed E-state index contributed by atoms with van der Waals surface area (Å²) in [5.74, 6) is 0. The molecule has 0 aliphatic rings. The monoisotopic (exact) mass is 284 g/mol. The van der Waals surface area contributed by atoms with Gasteiger partial charge in [0.05, 0.1) is 11.0 Å². The van der Waals surface area contributed by atoms with Crippen LogP contribution in [0.15, 0.2) is 73.1 Å². The van der Waals surface area contributed by atoms with E-state index in [2.05, 4.69) is 58.5 Å². The Labute approximate surface area is 129 Å². The number of hydrogen-bond acceptors (Lipinski definition) is 2. The van der Waals surface area contributed by atoms with Crippen molar-refractivity contribution in [3.8, 4) is 0 Å². The fourth-order valence-electron chi connectivity index (χ4n) is 2.85. The van der Waals surface area contributed by atoms with Crippen molar-refractivity contribution in [2.45, 2.75) is 12.8 Å². The fourth-order valence-corrected chi connectivity index (χ4v) is 2.85. The molecule has 0 N–H and O–H groups in total. The molecule has 2 heterocycles. The third kappa shape index (κ3) is 2.56. The molecule has 2 heteroatoms. The van der Waals surface area contributed by atoms with Crippen molar-refractivity contribution in [1.82, 2.24) is 9.97 Å². The van der Waals surface area contributed by atoms with E-state index in [1.807, 2.05) is 24.5 Å². The molecule has 0 spiro atoms. The van der Waals surface area contributed by atoms with Crippen molar-refractivity contribution in [1.29, 1.82) is 0 Å². The van der Waals surface area contributed by atoms with E-state index in [0.717, 1.165) is 23.9 Å². The minimum atomic E-state index is 1.04. The van der Waals surface area contributed by atoms with E-state index in [-0.39, 0.29) is 0 Å². The number of nitrogens with zero attached hydrogens (tertiary/aromatic N) is 2. The van der Waals surface area contributed by atoms with Gasteiger partial charge in [-0.05, 0) is 60.4 Å². The summed E-state index contributed by atoms with van der Waals surface area (Å²) in [6.07, 6.45) is 5.75. The zero-order valence-electron chi connectivity index (χ0n) is 12.2. The van der Waals surface area contributed by atoms with Gasteiger partial charge in [-0.3, -0.25) is 9.97 Å². The molecule has 0 saturated carbocycles. The van der Waals surface area contributed by atoms with Crippen molar-refractivity contribution in [3.63, 3.8) is 0 Å². The summed E-state index contributed by atoms with van der Waals surface area (Å²) in [5, 5.41) is 2.42. The van der Waals surface area contributed by atoms with Crippen LogP contribution in [0, 0.1) is 0 Å². The number of hydrogen-bond donors (Lipinski definition) is 0. The number of aryl methyl sites for hydroxylation is 2. The van der Waals surface area contributed by atoms with Crippen LogP contribution in [-0.2, 0) is 12.8 Å². The Morgan fingerprint density at radius 3 is 1.59 bits per heavy atom. The maximum Gasteiger partial charge on any atom is 0.0702 e. The molecule has 0 atom stereocenters. The van der Waals surface area contributed by atoms with E-state index in [0.29, 0.717) is 0 Å². The molecule has 0 amide bonds. The zero-order valence-corrected chi connectivity index (χ0v) is 12.2. The first-order chi connectivity index (χ1) is 10.9. The molecule has 2 aromatic carbocycles. The van der Waals surface area contributed by atoms with Gasteiger partial charge in [-0.2, -0.15) is 0 Å². The van der Waals surface area contributed by atoms with Crippen molar-refractivity contribution in [2.24, 2.45) is 0 Å². The van der Waals surface area contributed by atoms with Gasteiger partial charge in [-0.1, -0.05) is 24.3 Å². The Bertz CT molecular complexity index is 865. The minimum absolute atomic E-state index is 1.04. The highest BCUT2D eigenvalue weighted by atomic mass is 14.6. The van der Waals surface area contributed by atoms with Crippen molar-refractivity contribution >= 4 is 21.8 Å². The second-order valence-corrected chi connectivity index (χ2v) is 5.56. The molecule has 0 aliphatic heterocycles. The molecule has 2 aromatic heterocycles. The molecule has 4 rings (SSSR count). The molecule has 106 valence electrons. The predicted octanol–water partition coefficient (Wildman–Crippen LogP) is 4.57. The molecule has 0 bridgehead atoms. The highest BCUT2D eigenvalue weighted by molar-refractivity contribution is 5.79. The summed E-state index contributed by atoms with van der Waals surface area (Å²) in [4.78, 5) is 8.74. The van der Waals surface area contributed by atoms with E-state index >= 15 is 0 Å². The molecule has 22 heavy (non-hydrogen) atoms. The second-order valence-electron chi connectivity index (χ2n) is 5.56. The summed E-state index contributed by atoms with van der Waals surface area (Å²) >= 11 is 0. The van der Waals surface area contributed by atoms with Crippen molar-refractivity contribution in [3.05, 3.63) is 84.2 Å². The van der Waals surface area contributed by atoms with E-state index < -0.39 is 0 Å². The van der Waals surface area contributed by atoms with E-state index in [1.165, 1.54) is 21.9 Å². The number of rotatable bonds is 3. The smallest absolute Gasteiger partial charge is 0.0702 e. The minimum Gasteiger partial charge on any atom is -0.256 e. The van der Waals surface area contributed by atoms with E-state index in [9.17, 15) is 0 Å². The maximum atomic E-state index is 4.37. The van der Waals surface area contributed by atoms with Gasteiger partial charge < -0.3 is 0 Å². The van der Waals surface area contributed by atoms with Crippen molar-refractivity contribution in [2.75, 3.05) is 0 Å². The van der Waals surface area contributed by atoms with Gasteiger partial charge in [0.15, 0.2) is 0 Å². The molecular weight excluding hydrogens is 268 g/mol. The van der Waals surface area contributed by atoms with Gasteiger partial charge in [0.1, 0.15) is 0 Å². The third-order valence-corrected chi connectivity index (χ3v) is 4.04. The van der Waals surface area contributed by atoms with Crippen molar-refractivity contribution < 1.29 is 0 Å². The lowest BCUT2D eigenvalue weighted by atomic mass is 10.0. The summed E-state index contributed by atoms with van der Waals surface area (Å²) in [6.45, 7) is 0. The van der Waals surface area contributed by atoms with Crippen LogP contribution in [0.3, 0.4) is 0 Å². The first kappa shape index (κ1) is 13.0. The van der Waals surface area contributed by atoms with E-state index in [4.69, 9.17) is 0 Å². The van der Waals surface area contributed by atoms with Crippen LogP contribution in [0.2, 0.25) is 0 Å². The normalized spacial score (nSPS) is 11.1. The van der Waals surface area contributed by atoms with Crippen LogP contribution in [0.5, 0.6) is 0 Å². The summed E-state index contributed by atoms with van der Waals surface area (Å²) in [6, 6.07) is 21.3. The van der Waals surface area contributed by atoms with Crippen LogP contribution in [0.25, 0.3) is 21.8 Å². The standard InChI is InChI=1S/C20H16N2/c1-3-17-13-15(7-9-19(17)21-11-1)5-6-16-8-10-20-18(14-16)4-2-12-22-20/h1-4,7-14H,5-6H2. The van der Waals surface area contributed by atoms with Crippen LogP contribution >= 0.6 is 0 Å². The number of pyridine rings is 2. The molecular formula is C20H16N2. The average molecular weight is 284 g/mol. The Morgan fingerprint density at radius 2 is 1.09 bits per heavy atom. The Balaban J connectivity index is 1.57. The molecule has 0 aliphatic carbocycles. The lowest BCUT2D eigenvalue weighted by Crippen LogP contribution is -1.92. The first-order valence-electron chi connectivity index (χ1n) is 7.56. The van der Waals surface area contributed by atoms with Gasteiger partial charge in [0, 0.05) is 23.2 Å². The topological polar surface area (TPSA) is 25.8 Å².